The van der Waals surface area contributed by atoms with Crippen molar-refractivity contribution < 1.29 is 9.53 Å². The zero-order chi connectivity index (χ0) is 15.6. The summed E-state index contributed by atoms with van der Waals surface area (Å²) in [6.07, 6.45) is 0. The third kappa shape index (κ3) is 3.66. The Bertz CT molecular complexity index is 647. The number of thiophene rings is 1. The summed E-state index contributed by atoms with van der Waals surface area (Å²) >= 11 is 4.99. The molecule has 0 bridgehead atoms. The molecule has 1 heterocycles. The zero-order valence-electron chi connectivity index (χ0n) is 12.5. The number of hydrogen-bond acceptors (Lipinski definition) is 3. The molecule has 2 rings (SSSR count). The lowest BCUT2D eigenvalue weighted by molar-refractivity contribution is 0.0944. The highest BCUT2D eigenvalue weighted by Crippen LogP contribution is 2.28. The van der Waals surface area contributed by atoms with Crippen LogP contribution < -0.4 is 10.1 Å². The van der Waals surface area contributed by atoms with Gasteiger partial charge in [0, 0.05) is 4.88 Å². The molecule has 1 unspecified atom stereocenters. The molecule has 1 amide bonds. The summed E-state index contributed by atoms with van der Waals surface area (Å²) in [4.78, 5) is 14.2. The number of benzene rings is 1. The fourth-order valence-corrected chi connectivity index (χ4v) is 3.48. The van der Waals surface area contributed by atoms with E-state index >= 15 is 0 Å². The van der Waals surface area contributed by atoms with E-state index < -0.39 is 0 Å². The van der Waals surface area contributed by atoms with Gasteiger partial charge < -0.3 is 10.1 Å². The van der Waals surface area contributed by atoms with Crippen LogP contribution in [0.3, 0.4) is 0 Å². The van der Waals surface area contributed by atoms with Crippen LogP contribution in [0, 0.1) is 13.8 Å². The van der Waals surface area contributed by atoms with E-state index in [-0.39, 0.29) is 11.9 Å². The molecule has 1 N–H and O–H groups in total. The normalized spacial score (nSPS) is 12.0. The van der Waals surface area contributed by atoms with Crippen LogP contribution in [0.15, 0.2) is 28.7 Å². The van der Waals surface area contributed by atoms with Gasteiger partial charge in [0.05, 0.1) is 22.5 Å². The van der Waals surface area contributed by atoms with Gasteiger partial charge in [0.1, 0.15) is 5.75 Å². The number of nitrogens with one attached hydrogen (secondary N) is 1. The maximum absolute atomic E-state index is 12.3. The second kappa shape index (κ2) is 6.62. The molecule has 0 aliphatic heterocycles. The van der Waals surface area contributed by atoms with E-state index in [0.717, 1.165) is 26.2 Å². The van der Waals surface area contributed by atoms with Gasteiger partial charge in [-0.15, -0.1) is 11.3 Å². The highest BCUT2D eigenvalue weighted by Gasteiger charge is 2.15. The van der Waals surface area contributed by atoms with E-state index in [4.69, 9.17) is 4.74 Å². The smallest absolute Gasteiger partial charge is 0.261 e. The summed E-state index contributed by atoms with van der Waals surface area (Å²) in [5.74, 6) is 0.748. The fraction of sp³-hybridized carbons (Fsp3) is 0.312. The number of halogens is 1. The van der Waals surface area contributed by atoms with Crippen molar-refractivity contribution in [1.82, 2.24) is 5.32 Å². The molecule has 0 aliphatic rings. The Labute approximate surface area is 137 Å². The third-order valence-electron chi connectivity index (χ3n) is 3.41. The molecule has 0 fully saturated rings. The molecule has 1 aromatic heterocycles. The van der Waals surface area contributed by atoms with Gasteiger partial charge in [-0.05, 0) is 66.0 Å². The summed E-state index contributed by atoms with van der Waals surface area (Å²) in [5.41, 5.74) is 2.19. The number of methoxy groups -OCH3 is 1. The van der Waals surface area contributed by atoms with Crippen molar-refractivity contribution in [3.63, 3.8) is 0 Å². The molecule has 0 spiro atoms. The first kappa shape index (κ1) is 16.0. The van der Waals surface area contributed by atoms with Crippen LogP contribution in [0.5, 0.6) is 5.75 Å². The van der Waals surface area contributed by atoms with Gasteiger partial charge in [-0.3, -0.25) is 4.79 Å². The van der Waals surface area contributed by atoms with Crippen molar-refractivity contribution in [2.45, 2.75) is 26.8 Å². The van der Waals surface area contributed by atoms with Crippen LogP contribution in [-0.4, -0.2) is 13.0 Å². The van der Waals surface area contributed by atoms with E-state index in [9.17, 15) is 4.79 Å². The molecule has 112 valence electrons. The number of hydrogen-bond donors (Lipinski definition) is 1. The predicted octanol–water partition coefficient (Wildman–Crippen LogP) is 4.63. The topological polar surface area (TPSA) is 38.3 Å². The average molecular weight is 368 g/mol. The second-order valence-corrected chi connectivity index (χ2v) is 7.05. The van der Waals surface area contributed by atoms with Crippen LogP contribution in [0.1, 0.15) is 38.6 Å². The lowest BCUT2D eigenvalue weighted by Crippen LogP contribution is -2.25. The number of carbonyl (C=O) groups is 1. The van der Waals surface area contributed by atoms with E-state index in [1.54, 1.807) is 7.11 Å². The molecular weight excluding hydrogens is 350 g/mol. The minimum Gasteiger partial charge on any atom is -0.496 e. The van der Waals surface area contributed by atoms with Crippen LogP contribution in [0.25, 0.3) is 0 Å². The van der Waals surface area contributed by atoms with Gasteiger partial charge in [0.2, 0.25) is 0 Å². The Morgan fingerprint density at radius 3 is 2.57 bits per heavy atom. The lowest BCUT2D eigenvalue weighted by atomic mass is 10.1. The first-order valence-electron chi connectivity index (χ1n) is 6.63. The standard InChI is InChI=1S/C16H18BrNO2S/c1-9-7-15(21-11(9)3)16(19)18-10(2)12-5-6-14(20-4)13(17)8-12/h5-8,10H,1-4H3,(H,18,19). The molecule has 21 heavy (non-hydrogen) atoms. The average Bonchev–Trinajstić information content (AvgIpc) is 2.78. The molecule has 3 nitrogen and oxygen atoms in total. The van der Waals surface area contributed by atoms with Gasteiger partial charge in [-0.25, -0.2) is 0 Å². The van der Waals surface area contributed by atoms with Crippen LogP contribution >= 0.6 is 27.3 Å². The molecule has 5 heteroatoms. The van der Waals surface area contributed by atoms with Crippen molar-refractivity contribution in [3.8, 4) is 5.75 Å². The maximum Gasteiger partial charge on any atom is 0.261 e. The van der Waals surface area contributed by atoms with Crippen molar-refractivity contribution >= 4 is 33.2 Å². The predicted molar refractivity (Wildman–Crippen MR) is 90.4 cm³/mol. The Kier molecular flexibility index (Phi) is 5.06. The maximum atomic E-state index is 12.3. The highest BCUT2D eigenvalue weighted by molar-refractivity contribution is 9.10. The van der Waals surface area contributed by atoms with Gasteiger partial charge >= 0.3 is 0 Å². The van der Waals surface area contributed by atoms with E-state index in [2.05, 4.69) is 21.2 Å². The van der Waals surface area contributed by atoms with Crippen molar-refractivity contribution in [2.24, 2.45) is 0 Å². The summed E-state index contributed by atoms with van der Waals surface area (Å²) < 4.78 is 6.09. The monoisotopic (exact) mass is 367 g/mol. The molecule has 0 saturated carbocycles. The summed E-state index contributed by atoms with van der Waals surface area (Å²) in [7, 11) is 1.63. The van der Waals surface area contributed by atoms with Crippen molar-refractivity contribution in [3.05, 3.63) is 49.6 Å². The third-order valence-corrected chi connectivity index (χ3v) is 5.18. The summed E-state index contributed by atoms with van der Waals surface area (Å²) in [5, 5.41) is 3.03. The number of amides is 1. The van der Waals surface area contributed by atoms with Crippen LogP contribution in [0.4, 0.5) is 0 Å². The van der Waals surface area contributed by atoms with Crippen molar-refractivity contribution in [2.75, 3.05) is 7.11 Å². The lowest BCUT2D eigenvalue weighted by Gasteiger charge is -2.15. The highest BCUT2D eigenvalue weighted by atomic mass is 79.9. The van der Waals surface area contributed by atoms with Crippen LogP contribution in [0.2, 0.25) is 0 Å². The van der Waals surface area contributed by atoms with E-state index in [1.807, 2.05) is 45.0 Å². The summed E-state index contributed by atoms with van der Waals surface area (Å²) in [6.45, 7) is 6.02. The largest absolute Gasteiger partial charge is 0.496 e. The number of aryl methyl sites for hydroxylation is 2. The molecule has 0 aliphatic carbocycles. The molecule has 0 radical (unpaired) electrons. The quantitative estimate of drug-likeness (QED) is 0.855. The van der Waals surface area contributed by atoms with Gasteiger partial charge in [-0.1, -0.05) is 6.07 Å². The fourth-order valence-electron chi connectivity index (χ4n) is 1.99. The Hall–Kier alpha value is -1.33. The van der Waals surface area contributed by atoms with Crippen molar-refractivity contribution in [1.29, 1.82) is 0 Å². The van der Waals surface area contributed by atoms with Gasteiger partial charge in [0.25, 0.3) is 5.91 Å². The first-order valence-corrected chi connectivity index (χ1v) is 8.24. The summed E-state index contributed by atoms with van der Waals surface area (Å²) in [6, 6.07) is 7.68. The van der Waals surface area contributed by atoms with Gasteiger partial charge in [-0.2, -0.15) is 0 Å². The molecular formula is C16H18BrNO2S. The number of ether oxygens (including phenoxy) is 1. The van der Waals surface area contributed by atoms with Gasteiger partial charge in [0.15, 0.2) is 0 Å². The Balaban J connectivity index is 2.12. The molecule has 1 aromatic carbocycles. The minimum atomic E-state index is -0.0672. The Morgan fingerprint density at radius 2 is 2.05 bits per heavy atom. The van der Waals surface area contributed by atoms with Crippen LogP contribution in [-0.2, 0) is 0 Å². The molecule has 2 aromatic rings. The van der Waals surface area contributed by atoms with E-state index in [1.165, 1.54) is 16.2 Å². The first-order chi connectivity index (χ1) is 9.92. The Morgan fingerprint density at radius 1 is 1.33 bits per heavy atom. The minimum absolute atomic E-state index is 0.0318. The number of carbonyl (C=O) groups excluding carboxylic acids is 1. The van der Waals surface area contributed by atoms with E-state index in [0.29, 0.717) is 0 Å². The zero-order valence-corrected chi connectivity index (χ0v) is 14.9. The molecule has 1 atom stereocenters. The number of rotatable bonds is 4. The second-order valence-electron chi connectivity index (χ2n) is 4.94. The SMILES string of the molecule is COc1ccc(C(C)NC(=O)c2cc(C)c(C)s2)cc1Br. The molecule has 0 saturated heterocycles.